The van der Waals surface area contributed by atoms with E-state index in [1.165, 1.54) is 0 Å². The van der Waals surface area contributed by atoms with Gasteiger partial charge in [-0.05, 0) is 13.8 Å². The summed E-state index contributed by atoms with van der Waals surface area (Å²) in [5, 5.41) is 4.97. The Hall–Kier alpha value is -2.20. The summed E-state index contributed by atoms with van der Waals surface area (Å²) in [5.41, 5.74) is 0. The maximum absolute atomic E-state index is 11.7. The average Bonchev–Trinajstić information content (AvgIpc) is 3.11. The van der Waals surface area contributed by atoms with Gasteiger partial charge in [0.1, 0.15) is 12.2 Å². The molecule has 4 atom stereocenters. The van der Waals surface area contributed by atoms with Crippen molar-refractivity contribution >= 4 is 23.8 Å². The van der Waals surface area contributed by atoms with Crippen molar-refractivity contribution in [2.75, 3.05) is 26.4 Å². The van der Waals surface area contributed by atoms with Gasteiger partial charge in [-0.15, -0.1) is 0 Å². The number of nitrogens with one attached hydrogen (secondary N) is 2. The van der Waals surface area contributed by atoms with Gasteiger partial charge in [0.15, 0.2) is 0 Å². The molecule has 10 nitrogen and oxygen atoms in total. The Balaban J connectivity index is 1.87. The van der Waals surface area contributed by atoms with Crippen molar-refractivity contribution in [3.05, 3.63) is 0 Å². The van der Waals surface area contributed by atoms with Crippen LogP contribution in [0.25, 0.3) is 0 Å². The van der Waals surface area contributed by atoms with Crippen molar-refractivity contribution in [1.82, 2.24) is 10.6 Å². The zero-order valence-corrected chi connectivity index (χ0v) is 13.4. The maximum Gasteiger partial charge on any atom is 0.396 e. The minimum atomic E-state index is -0.980. The summed E-state index contributed by atoms with van der Waals surface area (Å²) in [6.45, 7) is 3.61. The third kappa shape index (κ3) is 4.01. The summed E-state index contributed by atoms with van der Waals surface area (Å²) < 4.78 is 20.3. The smallest absolute Gasteiger partial charge is 0.396 e. The van der Waals surface area contributed by atoms with E-state index in [4.69, 9.17) is 9.47 Å². The molecule has 2 aliphatic rings. The molecular formula is C14H20N2O8. The zero-order valence-electron chi connectivity index (χ0n) is 13.4. The second-order valence-electron chi connectivity index (χ2n) is 5.20. The lowest BCUT2D eigenvalue weighted by molar-refractivity contribution is -0.155. The van der Waals surface area contributed by atoms with Crippen molar-refractivity contribution < 1.29 is 38.1 Å². The van der Waals surface area contributed by atoms with E-state index in [1.807, 2.05) is 0 Å². The fraction of sp³-hybridized carbons (Fsp3) is 0.714. The van der Waals surface area contributed by atoms with Crippen LogP contribution in [0.15, 0.2) is 0 Å². The van der Waals surface area contributed by atoms with Crippen LogP contribution in [0.1, 0.15) is 13.8 Å². The lowest BCUT2D eigenvalue weighted by Crippen LogP contribution is -2.49. The van der Waals surface area contributed by atoms with E-state index in [9.17, 15) is 19.2 Å². The molecule has 0 aromatic carbocycles. The lowest BCUT2D eigenvalue weighted by atomic mass is 10.1. The summed E-state index contributed by atoms with van der Waals surface area (Å²) in [4.78, 5) is 46.0. The molecule has 2 unspecified atom stereocenters. The molecule has 0 bridgehead atoms. The number of ether oxygens (including phenoxy) is 4. The molecule has 10 heteroatoms. The van der Waals surface area contributed by atoms with E-state index in [-0.39, 0.29) is 26.4 Å². The number of hydrogen-bond donors (Lipinski definition) is 2. The highest BCUT2D eigenvalue weighted by molar-refractivity contribution is 6.33. The van der Waals surface area contributed by atoms with Crippen LogP contribution >= 0.6 is 0 Å². The molecule has 0 radical (unpaired) electrons. The van der Waals surface area contributed by atoms with Crippen LogP contribution in [0.5, 0.6) is 0 Å². The third-order valence-corrected chi connectivity index (χ3v) is 3.61. The standard InChI is InChI=1S/C14H20N2O8/c1-3-21-13(19)11(17)15-7-5-23-10-8(6-24-9(7)10)16-12(18)14(20)22-4-2/h7-10H,3-6H2,1-2H3,(H,15,17)(H,16,18)/t7-,8-,9?,10?/m0/s1. The van der Waals surface area contributed by atoms with Crippen molar-refractivity contribution in [2.45, 2.75) is 38.1 Å². The highest BCUT2D eigenvalue weighted by atomic mass is 16.6. The molecule has 2 rings (SSSR count). The fourth-order valence-electron chi connectivity index (χ4n) is 2.59. The van der Waals surface area contributed by atoms with Crippen molar-refractivity contribution in [3.8, 4) is 0 Å². The minimum absolute atomic E-state index is 0.0952. The predicted molar refractivity (Wildman–Crippen MR) is 76.6 cm³/mol. The summed E-state index contributed by atoms with van der Waals surface area (Å²) >= 11 is 0. The van der Waals surface area contributed by atoms with Gasteiger partial charge in [-0.3, -0.25) is 9.59 Å². The second kappa shape index (κ2) is 8.06. The number of rotatable bonds is 4. The molecule has 2 amide bonds. The quantitative estimate of drug-likeness (QED) is 0.437. The summed E-state index contributed by atoms with van der Waals surface area (Å²) in [6, 6.07) is -1.09. The van der Waals surface area contributed by atoms with Gasteiger partial charge < -0.3 is 29.6 Å². The largest absolute Gasteiger partial charge is 0.459 e. The Morgan fingerprint density at radius 3 is 1.54 bits per heavy atom. The molecule has 0 aromatic heterocycles. The van der Waals surface area contributed by atoms with Crippen LogP contribution in [0, 0.1) is 0 Å². The maximum atomic E-state index is 11.7. The van der Waals surface area contributed by atoms with Gasteiger partial charge in [-0.1, -0.05) is 0 Å². The van der Waals surface area contributed by atoms with Gasteiger partial charge in [0, 0.05) is 0 Å². The van der Waals surface area contributed by atoms with Gasteiger partial charge >= 0.3 is 23.8 Å². The van der Waals surface area contributed by atoms with Crippen LogP contribution in [0.3, 0.4) is 0 Å². The third-order valence-electron chi connectivity index (χ3n) is 3.61. The number of amides is 2. The van der Waals surface area contributed by atoms with Crippen LogP contribution in [0.4, 0.5) is 0 Å². The molecule has 0 aromatic rings. The van der Waals surface area contributed by atoms with Crippen LogP contribution in [-0.2, 0) is 38.1 Å². The number of fused-ring (bicyclic) bond motifs is 1. The number of hydrogen-bond acceptors (Lipinski definition) is 8. The van der Waals surface area contributed by atoms with E-state index in [2.05, 4.69) is 20.1 Å². The van der Waals surface area contributed by atoms with E-state index in [0.717, 1.165) is 0 Å². The normalized spacial score (nSPS) is 27.9. The Labute approximate surface area is 138 Å². The Morgan fingerprint density at radius 1 is 0.833 bits per heavy atom. The van der Waals surface area contributed by atoms with Crippen molar-refractivity contribution in [1.29, 1.82) is 0 Å². The van der Waals surface area contributed by atoms with E-state index in [0.29, 0.717) is 0 Å². The molecular weight excluding hydrogens is 324 g/mol. The summed E-state index contributed by atoms with van der Waals surface area (Å²) in [6.07, 6.45) is -1.06. The van der Waals surface area contributed by atoms with Crippen LogP contribution < -0.4 is 10.6 Å². The van der Waals surface area contributed by atoms with E-state index >= 15 is 0 Å². The van der Waals surface area contributed by atoms with E-state index in [1.54, 1.807) is 13.8 Å². The first-order valence-corrected chi connectivity index (χ1v) is 7.66. The lowest BCUT2D eigenvalue weighted by Gasteiger charge is -2.17. The fourth-order valence-corrected chi connectivity index (χ4v) is 2.59. The highest BCUT2D eigenvalue weighted by Gasteiger charge is 2.49. The Kier molecular flexibility index (Phi) is 6.10. The average molecular weight is 344 g/mol. The molecule has 24 heavy (non-hydrogen) atoms. The molecule has 2 aliphatic heterocycles. The van der Waals surface area contributed by atoms with Gasteiger partial charge in [-0.2, -0.15) is 0 Å². The summed E-state index contributed by atoms with van der Waals surface area (Å²) in [5.74, 6) is -3.72. The number of carbonyl (C=O) groups is 4. The second-order valence-corrected chi connectivity index (χ2v) is 5.20. The SMILES string of the molecule is CCOC(=O)C(=O)N[C@H]1COC2C1OC[C@@H]2NC(=O)C(=O)OCC. The zero-order chi connectivity index (χ0) is 17.7. The number of esters is 2. The molecule has 2 saturated heterocycles. The molecule has 0 aliphatic carbocycles. The van der Waals surface area contributed by atoms with Gasteiger partial charge in [0.05, 0.1) is 38.5 Å². The van der Waals surface area contributed by atoms with Crippen molar-refractivity contribution in [3.63, 3.8) is 0 Å². The highest BCUT2D eigenvalue weighted by Crippen LogP contribution is 2.27. The molecule has 2 fully saturated rings. The molecule has 2 heterocycles. The monoisotopic (exact) mass is 344 g/mol. The van der Waals surface area contributed by atoms with Gasteiger partial charge in [0.25, 0.3) is 0 Å². The molecule has 0 spiro atoms. The Bertz CT molecular complexity index is 477. The van der Waals surface area contributed by atoms with Crippen LogP contribution in [0.2, 0.25) is 0 Å². The molecule has 0 saturated carbocycles. The van der Waals surface area contributed by atoms with Gasteiger partial charge in [0.2, 0.25) is 0 Å². The van der Waals surface area contributed by atoms with Crippen molar-refractivity contribution in [2.24, 2.45) is 0 Å². The minimum Gasteiger partial charge on any atom is -0.459 e. The predicted octanol–water partition coefficient (Wildman–Crippen LogP) is -2.12. The first-order valence-electron chi connectivity index (χ1n) is 7.66. The number of carbonyl (C=O) groups excluding carboxylic acids is 4. The topological polar surface area (TPSA) is 129 Å². The van der Waals surface area contributed by atoms with E-state index < -0.39 is 48.0 Å². The van der Waals surface area contributed by atoms with Gasteiger partial charge in [-0.25, -0.2) is 9.59 Å². The van der Waals surface area contributed by atoms with Crippen LogP contribution in [-0.4, -0.2) is 74.5 Å². The summed E-state index contributed by atoms with van der Waals surface area (Å²) in [7, 11) is 0. The first kappa shape index (κ1) is 18.1. The first-order chi connectivity index (χ1) is 11.5. The Morgan fingerprint density at radius 2 is 1.21 bits per heavy atom. The molecule has 2 N–H and O–H groups in total. The molecule has 134 valence electrons.